The van der Waals surface area contributed by atoms with Gasteiger partial charge in [-0.15, -0.1) is 0 Å². The Kier molecular flexibility index (Phi) is 5.02. The molecule has 0 aromatic heterocycles. The standard InChI is InChI=1S/C16H16ClNO2/c1-2-20-14-8-5-7-13(11-14)18-16(19)10-12-6-3-4-9-15(12)17/h3-9,11H,2,10H2,1H3,(H,18,19). The minimum atomic E-state index is -0.105. The van der Waals surface area contributed by atoms with Crippen LogP contribution >= 0.6 is 11.6 Å². The fraction of sp³-hybridized carbons (Fsp3) is 0.188. The van der Waals surface area contributed by atoms with E-state index in [2.05, 4.69) is 5.32 Å². The SMILES string of the molecule is CCOc1cccc(NC(=O)Cc2ccccc2Cl)c1. The van der Waals surface area contributed by atoms with Gasteiger partial charge in [0.1, 0.15) is 5.75 Å². The van der Waals surface area contributed by atoms with Crippen LogP contribution in [0, 0.1) is 0 Å². The van der Waals surface area contributed by atoms with Gasteiger partial charge in [0.15, 0.2) is 0 Å². The molecule has 0 aliphatic carbocycles. The van der Waals surface area contributed by atoms with E-state index in [9.17, 15) is 4.79 Å². The van der Waals surface area contributed by atoms with Crippen LogP contribution < -0.4 is 10.1 Å². The first-order valence-electron chi connectivity index (χ1n) is 6.45. The predicted molar refractivity (Wildman–Crippen MR) is 81.4 cm³/mol. The van der Waals surface area contributed by atoms with Gasteiger partial charge in [-0.3, -0.25) is 4.79 Å². The summed E-state index contributed by atoms with van der Waals surface area (Å²) in [6.07, 6.45) is 0.249. The maximum atomic E-state index is 12.0. The molecule has 0 fully saturated rings. The number of benzene rings is 2. The van der Waals surface area contributed by atoms with Gasteiger partial charge in [0, 0.05) is 16.8 Å². The molecule has 0 saturated heterocycles. The molecule has 0 saturated carbocycles. The lowest BCUT2D eigenvalue weighted by atomic mass is 10.1. The second kappa shape index (κ2) is 6.96. The Morgan fingerprint density at radius 3 is 2.75 bits per heavy atom. The number of rotatable bonds is 5. The zero-order valence-electron chi connectivity index (χ0n) is 11.2. The van der Waals surface area contributed by atoms with Crippen molar-refractivity contribution < 1.29 is 9.53 Å². The van der Waals surface area contributed by atoms with Gasteiger partial charge in [0.2, 0.25) is 5.91 Å². The van der Waals surface area contributed by atoms with Crippen molar-refractivity contribution in [1.82, 2.24) is 0 Å². The molecule has 1 amide bonds. The molecule has 0 aliphatic rings. The molecule has 0 bridgehead atoms. The van der Waals surface area contributed by atoms with E-state index in [0.717, 1.165) is 11.3 Å². The van der Waals surface area contributed by atoms with Crippen molar-refractivity contribution in [3.05, 3.63) is 59.1 Å². The summed E-state index contributed by atoms with van der Waals surface area (Å²) < 4.78 is 5.39. The summed E-state index contributed by atoms with van der Waals surface area (Å²) in [5.41, 5.74) is 1.53. The topological polar surface area (TPSA) is 38.3 Å². The van der Waals surface area contributed by atoms with Crippen molar-refractivity contribution >= 4 is 23.2 Å². The van der Waals surface area contributed by atoms with Crippen LogP contribution in [0.25, 0.3) is 0 Å². The zero-order chi connectivity index (χ0) is 14.4. The molecular formula is C16H16ClNO2. The van der Waals surface area contributed by atoms with Gasteiger partial charge < -0.3 is 10.1 Å². The van der Waals surface area contributed by atoms with Crippen molar-refractivity contribution in [2.75, 3.05) is 11.9 Å². The van der Waals surface area contributed by atoms with Gasteiger partial charge in [0.25, 0.3) is 0 Å². The molecule has 20 heavy (non-hydrogen) atoms. The Morgan fingerprint density at radius 2 is 2.00 bits per heavy atom. The monoisotopic (exact) mass is 289 g/mol. The number of hydrogen-bond acceptors (Lipinski definition) is 2. The Bertz CT molecular complexity index is 599. The highest BCUT2D eigenvalue weighted by Gasteiger charge is 2.07. The third-order valence-corrected chi connectivity index (χ3v) is 3.11. The number of halogens is 1. The lowest BCUT2D eigenvalue weighted by Crippen LogP contribution is -2.14. The lowest BCUT2D eigenvalue weighted by Gasteiger charge is -2.08. The third-order valence-electron chi connectivity index (χ3n) is 2.74. The first-order chi connectivity index (χ1) is 9.69. The van der Waals surface area contributed by atoms with E-state index < -0.39 is 0 Å². The molecule has 0 heterocycles. The van der Waals surface area contributed by atoms with Crippen molar-refractivity contribution in [3.8, 4) is 5.75 Å². The smallest absolute Gasteiger partial charge is 0.228 e. The molecular weight excluding hydrogens is 274 g/mol. The molecule has 0 unspecified atom stereocenters. The second-order valence-electron chi connectivity index (χ2n) is 4.28. The van der Waals surface area contributed by atoms with Crippen LogP contribution in [0.5, 0.6) is 5.75 Å². The number of hydrogen-bond donors (Lipinski definition) is 1. The molecule has 3 nitrogen and oxygen atoms in total. The molecule has 0 spiro atoms. The average molecular weight is 290 g/mol. The van der Waals surface area contributed by atoms with E-state index in [0.29, 0.717) is 17.3 Å². The summed E-state index contributed by atoms with van der Waals surface area (Å²) >= 11 is 6.04. The molecule has 104 valence electrons. The summed E-state index contributed by atoms with van der Waals surface area (Å²) in [5, 5.41) is 3.44. The molecule has 0 radical (unpaired) electrons. The number of amides is 1. The van der Waals surface area contributed by atoms with E-state index in [1.807, 2.05) is 43.3 Å². The Balaban J connectivity index is 2.01. The molecule has 1 N–H and O–H groups in total. The fourth-order valence-corrected chi connectivity index (χ4v) is 2.05. The minimum Gasteiger partial charge on any atom is -0.494 e. The summed E-state index contributed by atoms with van der Waals surface area (Å²) in [7, 11) is 0. The Hall–Kier alpha value is -2.00. The van der Waals surface area contributed by atoms with Gasteiger partial charge in [-0.25, -0.2) is 0 Å². The van der Waals surface area contributed by atoms with E-state index in [4.69, 9.17) is 16.3 Å². The molecule has 2 aromatic rings. The van der Waals surface area contributed by atoms with Crippen LogP contribution in [0.4, 0.5) is 5.69 Å². The molecule has 0 atom stereocenters. The van der Waals surface area contributed by atoms with E-state index in [-0.39, 0.29) is 12.3 Å². The van der Waals surface area contributed by atoms with E-state index in [1.54, 1.807) is 12.1 Å². The maximum Gasteiger partial charge on any atom is 0.228 e. The average Bonchev–Trinajstić information content (AvgIpc) is 2.42. The highest BCUT2D eigenvalue weighted by Crippen LogP contribution is 2.19. The van der Waals surface area contributed by atoms with Crippen LogP contribution in [0.1, 0.15) is 12.5 Å². The largest absolute Gasteiger partial charge is 0.494 e. The van der Waals surface area contributed by atoms with Gasteiger partial charge in [-0.2, -0.15) is 0 Å². The number of carbonyl (C=O) groups excluding carboxylic acids is 1. The van der Waals surface area contributed by atoms with Crippen molar-refractivity contribution in [1.29, 1.82) is 0 Å². The summed E-state index contributed by atoms with van der Waals surface area (Å²) in [6.45, 7) is 2.51. The molecule has 0 aliphatic heterocycles. The van der Waals surface area contributed by atoms with Crippen LogP contribution in [0.15, 0.2) is 48.5 Å². The highest BCUT2D eigenvalue weighted by atomic mass is 35.5. The van der Waals surface area contributed by atoms with E-state index >= 15 is 0 Å². The molecule has 2 rings (SSSR count). The summed E-state index contributed by atoms with van der Waals surface area (Å²) in [6, 6.07) is 14.7. The Morgan fingerprint density at radius 1 is 1.20 bits per heavy atom. The lowest BCUT2D eigenvalue weighted by molar-refractivity contribution is -0.115. The van der Waals surface area contributed by atoms with Crippen LogP contribution in [-0.2, 0) is 11.2 Å². The van der Waals surface area contributed by atoms with Crippen molar-refractivity contribution in [2.45, 2.75) is 13.3 Å². The van der Waals surface area contributed by atoms with E-state index in [1.165, 1.54) is 0 Å². The number of anilines is 1. The predicted octanol–water partition coefficient (Wildman–Crippen LogP) is 3.92. The number of carbonyl (C=O) groups is 1. The molecule has 4 heteroatoms. The van der Waals surface area contributed by atoms with Crippen molar-refractivity contribution in [3.63, 3.8) is 0 Å². The van der Waals surface area contributed by atoms with Gasteiger partial charge >= 0.3 is 0 Å². The quantitative estimate of drug-likeness (QED) is 0.906. The summed E-state index contributed by atoms with van der Waals surface area (Å²) in [4.78, 5) is 12.0. The van der Waals surface area contributed by atoms with Crippen LogP contribution in [-0.4, -0.2) is 12.5 Å². The third kappa shape index (κ3) is 4.00. The highest BCUT2D eigenvalue weighted by molar-refractivity contribution is 6.31. The fourth-order valence-electron chi connectivity index (χ4n) is 1.85. The Labute approximate surface area is 123 Å². The van der Waals surface area contributed by atoms with Crippen LogP contribution in [0.3, 0.4) is 0 Å². The van der Waals surface area contributed by atoms with Gasteiger partial charge in [-0.05, 0) is 30.7 Å². The van der Waals surface area contributed by atoms with Gasteiger partial charge in [0.05, 0.1) is 13.0 Å². The normalized spacial score (nSPS) is 10.1. The van der Waals surface area contributed by atoms with Gasteiger partial charge in [-0.1, -0.05) is 35.9 Å². The first-order valence-corrected chi connectivity index (χ1v) is 6.83. The second-order valence-corrected chi connectivity index (χ2v) is 4.68. The van der Waals surface area contributed by atoms with Crippen molar-refractivity contribution in [2.24, 2.45) is 0 Å². The number of nitrogens with one attached hydrogen (secondary N) is 1. The molecule has 2 aromatic carbocycles. The number of ether oxygens (including phenoxy) is 1. The minimum absolute atomic E-state index is 0.105. The maximum absolute atomic E-state index is 12.0. The van der Waals surface area contributed by atoms with Crippen LogP contribution in [0.2, 0.25) is 5.02 Å². The summed E-state index contributed by atoms with van der Waals surface area (Å²) in [5.74, 6) is 0.634. The first kappa shape index (κ1) is 14.4. The zero-order valence-corrected chi connectivity index (χ0v) is 12.0.